The normalized spacial score (nSPS) is 16.1. The van der Waals surface area contributed by atoms with Crippen LogP contribution in [0.1, 0.15) is 12.8 Å². The van der Waals surface area contributed by atoms with Crippen molar-refractivity contribution in [2.45, 2.75) is 23.0 Å². The molecular formula is C11H14F2N2O4S2. The molecule has 0 amide bonds. The van der Waals surface area contributed by atoms with Crippen LogP contribution in [0.25, 0.3) is 0 Å². The van der Waals surface area contributed by atoms with E-state index in [4.69, 9.17) is 0 Å². The smallest absolute Gasteiger partial charge is 0.214 e. The van der Waals surface area contributed by atoms with E-state index in [0.717, 1.165) is 12.1 Å². The molecule has 0 atom stereocenters. The van der Waals surface area contributed by atoms with E-state index in [9.17, 15) is 25.6 Å². The first-order valence-corrected chi connectivity index (χ1v) is 9.18. The SMILES string of the molecule is O=S(=O)(NCCNS(=O)(=O)C1CC1)c1ccc(F)cc1F. The largest absolute Gasteiger partial charge is 0.243 e. The van der Waals surface area contributed by atoms with Crippen molar-refractivity contribution in [3.05, 3.63) is 29.8 Å². The molecule has 1 aliphatic rings. The van der Waals surface area contributed by atoms with Gasteiger partial charge in [-0.15, -0.1) is 0 Å². The number of benzene rings is 1. The molecule has 0 aliphatic heterocycles. The summed E-state index contributed by atoms with van der Waals surface area (Å²) in [5, 5.41) is -0.399. The van der Waals surface area contributed by atoms with Gasteiger partial charge in [0.2, 0.25) is 20.0 Å². The van der Waals surface area contributed by atoms with Crippen LogP contribution in [0.2, 0.25) is 0 Å². The van der Waals surface area contributed by atoms with Gasteiger partial charge in [0.25, 0.3) is 0 Å². The molecule has 1 aromatic rings. The Labute approximate surface area is 121 Å². The number of hydrogen-bond acceptors (Lipinski definition) is 4. The number of hydrogen-bond donors (Lipinski definition) is 2. The van der Waals surface area contributed by atoms with E-state index in [1.165, 1.54) is 0 Å². The van der Waals surface area contributed by atoms with Crippen molar-refractivity contribution in [3.63, 3.8) is 0 Å². The molecule has 0 saturated heterocycles. The molecule has 21 heavy (non-hydrogen) atoms. The van der Waals surface area contributed by atoms with Gasteiger partial charge in [0.15, 0.2) is 0 Å². The number of nitrogens with one attached hydrogen (secondary N) is 2. The minimum Gasteiger partial charge on any atom is -0.214 e. The van der Waals surface area contributed by atoms with Gasteiger partial charge < -0.3 is 0 Å². The second kappa shape index (κ2) is 5.95. The zero-order chi connectivity index (χ0) is 15.7. The summed E-state index contributed by atoms with van der Waals surface area (Å²) in [4.78, 5) is -0.686. The molecule has 2 rings (SSSR count). The molecule has 2 N–H and O–H groups in total. The highest BCUT2D eigenvalue weighted by Gasteiger charge is 2.35. The molecule has 0 bridgehead atoms. The van der Waals surface area contributed by atoms with Crippen LogP contribution in [-0.2, 0) is 20.0 Å². The molecule has 0 unspecified atom stereocenters. The lowest BCUT2D eigenvalue weighted by Crippen LogP contribution is -2.36. The Morgan fingerprint density at radius 3 is 2.24 bits per heavy atom. The molecule has 1 aromatic carbocycles. The van der Waals surface area contributed by atoms with Gasteiger partial charge in [0, 0.05) is 19.2 Å². The zero-order valence-electron chi connectivity index (χ0n) is 10.8. The fraction of sp³-hybridized carbons (Fsp3) is 0.455. The van der Waals surface area contributed by atoms with Crippen LogP contribution in [-0.4, -0.2) is 35.2 Å². The van der Waals surface area contributed by atoms with Gasteiger partial charge in [-0.05, 0) is 25.0 Å². The van der Waals surface area contributed by atoms with Gasteiger partial charge in [-0.25, -0.2) is 35.1 Å². The van der Waals surface area contributed by atoms with E-state index >= 15 is 0 Å². The Hall–Kier alpha value is -1.10. The third-order valence-electron chi connectivity index (χ3n) is 2.87. The topological polar surface area (TPSA) is 92.3 Å². The first kappa shape index (κ1) is 16.3. The number of sulfonamides is 2. The summed E-state index contributed by atoms with van der Waals surface area (Å²) >= 11 is 0. The van der Waals surface area contributed by atoms with E-state index in [1.807, 2.05) is 0 Å². The van der Waals surface area contributed by atoms with Crippen molar-refractivity contribution >= 4 is 20.0 Å². The van der Waals surface area contributed by atoms with Crippen LogP contribution < -0.4 is 9.44 Å². The standard InChI is InChI=1S/C11H14F2N2O4S2/c12-8-1-4-11(10(13)7-8)21(18,19)15-6-5-14-20(16,17)9-2-3-9/h1,4,7,9,14-15H,2-3,5-6H2. The van der Waals surface area contributed by atoms with E-state index < -0.39 is 41.8 Å². The second-order valence-electron chi connectivity index (χ2n) is 4.61. The summed E-state index contributed by atoms with van der Waals surface area (Å²) in [6, 6.07) is 2.10. The third-order valence-corrected chi connectivity index (χ3v) is 6.32. The molecule has 1 aliphatic carbocycles. The lowest BCUT2D eigenvalue weighted by atomic mass is 10.3. The molecule has 0 radical (unpaired) electrons. The maximum absolute atomic E-state index is 13.4. The van der Waals surface area contributed by atoms with Crippen LogP contribution in [0, 0.1) is 11.6 Å². The molecular weight excluding hydrogens is 326 g/mol. The molecule has 118 valence electrons. The Kier molecular flexibility index (Phi) is 4.61. The van der Waals surface area contributed by atoms with Gasteiger partial charge in [-0.3, -0.25) is 0 Å². The highest BCUT2D eigenvalue weighted by atomic mass is 32.2. The average molecular weight is 340 g/mol. The molecule has 0 spiro atoms. The monoisotopic (exact) mass is 340 g/mol. The van der Waals surface area contributed by atoms with E-state index in [0.29, 0.717) is 18.9 Å². The first-order chi connectivity index (χ1) is 9.72. The Balaban J connectivity index is 1.92. The van der Waals surface area contributed by atoms with Crippen molar-refractivity contribution in [2.75, 3.05) is 13.1 Å². The van der Waals surface area contributed by atoms with Crippen LogP contribution in [0.4, 0.5) is 8.78 Å². The minimum absolute atomic E-state index is 0.138. The van der Waals surface area contributed by atoms with Gasteiger partial charge in [-0.2, -0.15) is 0 Å². The number of rotatable bonds is 7. The maximum Gasteiger partial charge on any atom is 0.243 e. The van der Waals surface area contributed by atoms with E-state index in [2.05, 4.69) is 9.44 Å². The zero-order valence-corrected chi connectivity index (χ0v) is 12.5. The Bertz CT molecular complexity index is 731. The molecule has 0 heterocycles. The van der Waals surface area contributed by atoms with Crippen LogP contribution in [0.15, 0.2) is 23.1 Å². The summed E-state index contributed by atoms with van der Waals surface area (Å²) in [7, 11) is -7.55. The van der Waals surface area contributed by atoms with Crippen LogP contribution >= 0.6 is 0 Å². The highest BCUT2D eigenvalue weighted by Crippen LogP contribution is 2.27. The van der Waals surface area contributed by atoms with Gasteiger partial charge in [0.1, 0.15) is 16.5 Å². The fourth-order valence-corrected chi connectivity index (χ4v) is 4.11. The maximum atomic E-state index is 13.4. The lowest BCUT2D eigenvalue weighted by Gasteiger charge is -2.09. The van der Waals surface area contributed by atoms with Crippen molar-refractivity contribution in [1.82, 2.24) is 9.44 Å². The first-order valence-electron chi connectivity index (χ1n) is 6.15. The second-order valence-corrected chi connectivity index (χ2v) is 8.39. The van der Waals surface area contributed by atoms with Crippen molar-refractivity contribution in [2.24, 2.45) is 0 Å². The molecule has 10 heteroatoms. The molecule has 6 nitrogen and oxygen atoms in total. The van der Waals surface area contributed by atoms with E-state index in [-0.39, 0.29) is 13.1 Å². The fourth-order valence-electron chi connectivity index (χ4n) is 1.65. The predicted molar refractivity (Wildman–Crippen MR) is 71.5 cm³/mol. The third kappa shape index (κ3) is 4.19. The molecule has 0 aromatic heterocycles. The summed E-state index contributed by atoms with van der Waals surface area (Å²) < 4.78 is 77.0. The lowest BCUT2D eigenvalue weighted by molar-refractivity contribution is 0.541. The Morgan fingerprint density at radius 2 is 1.67 bits per heavy atom. The van der Waals surface area contributed by atoms with Gasteiger partial charge in [0.05, 0.1) is 5.25 Å². The van der Waals surface area contributed by atoms with Crippen LogP contribution in [0.3, 0.4) is 0 Å². The summed E-state index contributed by atoms with van der Waals surface area (Å²) in [6.07, 6.45) is 1.20. The summed E-state index contributed by atoms with van der Waals surface area (Å²) in [5.41, 5.74) is 0. The van der Waals surface area contributed by atoms with E-state index in [1.54, 1.807) is 0 Å². The molecule has 1 fully saturated rings. The number of halogens is 2. The van der Waals surface area contributed by atoms with Crippen molar-refractivity contribution < 1.29 is 25.6 Å². The van der Waals surface area contributed by atoms with Crippen molar-refractivity contribution in [3.8, 4) is 0 Å². The predicted octanol–water partition coefficient (Wildman–Crippen LogP) is 0.325. The minimum atomic E-state index is -4.16. The van der Waals surface area contributed by atoms with Crippen molar-refractivity contribution in [1.29, 1.82) is 0 Å². The average Bonchev–Trinajstić information content (AvgIpc) is 3.18. The quantitative estimate of drug-likeness (QED) is 0.700. The highest BCUT2D eigenvalue weighted by molar-refractivity contribution is 7.90. The Morgan fingerprint density at radius 1 is 1.05 bits per heavy atom. The van der Waals surface area contributed by atoms with Crippen LogP contribution in [0.5, 0.6) is 0 Å². The summed E-state index contributed by atoms with van der Waals surface area (Å²) in [5.74, 6) is -2.09. The van der Waals surface area contributed by atoms with Gasteiger partial charge in [-0.1, -0.05) is 0 Å². The summed E-state index contributed by atoms with van der Waals surface area (Å²) in [6.45, 7) is -0.369. The van der Waals surface area contributed by atoms with Gasteiger partial charge >= 0.3 is 0 Å². The molecule has 1 saturated carbocycles.